The van der Waals surface area contributed by atoms with Crippen LogP contribution in [-0.2, 0) is 93.6 Å². The zero-order valence-corrected chi connectivity index (χ0v) is 64.0. The summed E-state index contributed by atoms with van der Waals surface area (Å²) >= 11 is 0. The molecule has 4 aliphatic heterocycles. The van der Waals surface area contributed by atoms with Gasteiger partial charge in [0.05, 0.1) is 80.6 Å². The monoisotopic (exact) mass is 1530 g/mol. The molecule has 1 saturated carbocycles. The zero-order valence-electron chi connectivity index (χ0n) is 60.8. The van der Waals surface area contributed by atoms with Crippen molar-refractivity contribution in [1.29, 1.82) is 0 Å². The number of sulfonamides is 4. The van der Waals surface area contributed by atoms with E-state index in [0.717, 1.165) is 49.8 Å². The van der Waals surface area contributed by atoms with E-state index in [1.807, 2.05) is 24.3 Å². The molecule has 0 saturated heterocycles. The van der Waals surface area contributed by atoms with Gasteiger partial charge in [0.2, 0.25) is 23.6 Å². The first-order chi connectivity index (χ1) is 49.3. The van der Waals surface area contributed by atoms with Gasteiger partial charge in [0.1, 0.15) is 78.5 Å². The maximum absolute atomic E-state index is 12.7. The SMILES string of the molecule is CCCCNC(=O)C(C)(C)COc1cccc2c1C(N)=NS(=O)(=O)C2.CCCCNC(=O)C1(COc2cccc3c2C(N)=NS(=O)(=O)C3)CC1.COCCNC(=O)C(C)(C)COc1cccc2c1C(N)=NS(=O)(=O)C2.COc1ccc(CNC(=O)C(C)(C)COc2cccc3c2C(N)=NS(=O)(=O)C3)cc1. The molecular weight excluding hydrogens is 1440 g/mol. The van der Waals surface area contributed by atoms with Crippen molar-refractivity contribution in [2.45, 2.75) is 123 Å². The van der Waals surface area contributed by atoms with Crippen molar-refractivity contribution in [2.24, 2.45) is 62.2 Å². The highest BCUT2D eigenvalue weighted by atomic mass is 32.2. The van der Waals surface area contributed by atoms with Gasteiger partial charge in [-0.05, 0) is 131 Å². The molecule has 5 aromatic rings. The molecule has 4 heterocycles. The average molecular weight is 1530 g/mol. The van der Waals surface area contributed by atoms with Crippen molar-refractivity contribution < 1.29 is 81.3 Å². The lowest BCUT2D eigenvalue weighted by molar-refractivity contribution is -0.131. The van der Waals surface area contributed by atoms with E-state index in [1.54, 1.807) is 129 Å². The van der Waals surface area contributed by atoms with E-state index < -0.39 is 61.8 Å². The first-order valence-corrected chi connectivity index (χ1v) is 40.3. The smallest absolute Gasteiger partial charge is 0.259 e. The number of hydrogen-bond donors (Lipinski definition) is 8. The Bertz CT molecular complexity index is 4310. The van der Waals surface area contributed by atoms with Gasteiger partial charge >= 0.3 is 0 Å². The number of fused-ring (bicyclic) bond motifs is 4. The number of rotatable bonds is 28. The van der Waals surface area contributed by atoms with Gasteiger partial charge in [-0.2, -0.15) is 0 Å². The normalized spacial score (nSPS) is 16.5. The molecule has 34 heteroatoms. The van der Waals surface area contributed by atoms with Crippen LogP contribution in [0, 0.1) is 21.7 Å². The Balaban J connectivity index is 0.000000196. The van der Waals surface area contributed by atoms with Crippen LogP contribution in [0.15, 0.2) is 115 Å². The number of carbonyl (C=O) groups excluding carboxylic acids is 4. The van der Waals surface area contributed by atoms with Gasteiger partial charge in [0.25, 0.3) is 40.1 Å². The molecule has 0 unspecified atom stereocenters. The van der Waals surface area contributed by atoms with Crippen LogP contribution in [0.25, 0.3) is 0 Å². The molecule has 1 aliphatic carbocycles. The molecule has 1 fully saturated rings. The lowest BCUT2D eigenvalue weighted by Crippen LogP contribution is -2.42. The first-order valence-electron chi connectivity index (χ1n) is 33.9. The molecular formula is C71H96N12O18S4. The number of amidine groups is 4. The lowest BCUT2D eigenvalue weighted by atomic mass is 9.93. The fraction of sp³-hybridized carbons (Fsp3) is 0.465. The number of nitrogens with two attached hydrogens (primary N) is 4. The molecule has 12 N–H and O–H groups in total. The van der Waals surface area contributed by atoms with E-state index in [1.165, 1.54) is 0 Å². The highest BCUT2D eigenvalue weighted by molar-refractivity contribution is 7.90. The van der Waals surface area contributed by atoms with Crippen LogP contribution in [0.4, 0.5) is 0 Å². The maximum atomic E-state index is 12.7. The van der Waals surface area contributed by atoms with Crippen LogP contribution in [0.1, 0.15) is 144 Å². The number of methoxy groups -OCH3 is 2. The number of unbranched alkanes of at least 4 members (excludes halogenated alkanes) is 2. The molecule has 0 spiro atoms. The van der Waals surface area contributed by atoms with Crippen molar-refractivity contribution in [3.8, 4) is 28.7 Å². The molecule has 0 atom stereocenters. The Morgan fingerprint density at radius 2 is 0.771 bits per heavy atom. The highest BCUT2D eigenvalue weighted by Crippen LogP contribution is 2.47. The van der Waals surface area contributed by atoms with Crippen molar-refractivity contribution in [3.05, 3.63) is 147 Å². The quantitative estimate of drug-likeness (QED) is 0.0297. The lowest BCUT2D eigenvalue weighted by Gasteiger charge is -2.25. The number of nitrogens with one attached hydrogen (secondary N) is 4. The number of amides is 4. The van der Waals surface area contributed by atoms with E-state index in [0.29, 0.717) is 100 Å². The largest absolute Gasteiger partial charge is 0.497 e. The number of benzene rings is 5. The van der Waals surface area contributed by atoms with Crippen LogP contribution in [0.3, 0.4) is 0 Å². The van der Waals surface area contributed by atoms with E-state index in [9.17, 15) is 52.8 Å². The number of carbonyl (C=O) groups is 4. The van der Waals surface area contributed by atoms with Crippen LogP contribution < -0.4 is 67.9 Å². The molecule has 0 aromatic heterocycles. The third kappa shape index (κ3) is 23.1. The van der Waals surface area contributed by atoms with Crippen molar-refractivity contribution >= 4 is 87.1 Å². The zero-order chi connectivity index (χ0) is 77.3. The Kier molecular flexibility index (Phi) is 27.7. The molecule has 572 valence electrons. The van der Waals surface area contributed by atoms with Gasteiger partial charge in [-0.15, -0.1) is 17.6 Å². The topological polar surface area (TPSA) is 462 Å². The van der Waals surface area contributed by atoms with Crippen LogP contribution in [-0.4, -0.2) is 148 Å². The van der Waals surface area contributed by atoms with Crippen LogP contribution in [0.2, 0.25) is 0 Å². The second-order valence-electron chi connectivity index (χ2n) is 27.6. The van der Waals surface area contributed by atoms with Gasteiger partial charge in [-0.3, -0.25) is 19.2 Å². The second kappa shape index (κ2) is 35.1. The average Bonchev–Trinajstić information content (AvgIpc) is 1.77. The molecule has 4 amide bonds. The van der Waals surface area contributed by atoms with Crippen molar-refractivity contribution in [2.75, 3.05) is 66.9 Å². The highest BCUT2D eigenvalue weighted by Gasteiger charge is 2.51. The standard InChI is InChI=1S/C21H25N3O5S.C17H23N3O4S.C17H25N3O4S.C16H23N3O5S/c1-21(2,20(25)23-11-14-7-9-16(28-3)10-8-14)13-29-17-6-4-5-15-12-30(26,27)24-19(22)18(15)17;1-2-3-9-19-16(21)17(7-8-17)11-24-13-6-4-5-12-10-25(22,23)20-15(18)14(12)13;1-4-5-9-19-16(21)17(2,3)11-24-13-8-6-7-12-10-25(22,23)20-15(18)14(12)13;1-16(2,15(20)18-7-8-23-3)10-24-12-6-4-5-11-9-25(21,22)19-14(17)13(11)12/h4-10H,11-13H2,1-3H3,(H2,22,24)(H,23,25);4-6H,2-3,7-11H2,1H3,(H2,18,20)(H,19,21);6-8H,4-5,9-11H2,1-3H3,(H2,18,20)(H,19,21);4-6H,7-10H2,1-3H3,(H2,17,19)(H,18,20). The third-order valence-electron chi connectivity index (χ3n) is 17.1. The molecule has 0 bridgehead atoms. The van der Waals surface area contributed by atoms with E-state index >= 15 is 0 Å². The van der Waals surface area contributed by atoms with E-state index in [2.05, 4.69) is 52.7 Å². The van der Waals surface area contributed by atoms with E-state index in [4.69, 9.17) is 51.4 Å². The van der Waals surface area contributed by atoms with Gasteiger partial charge in [-0.1, -0.05) is 87.4 Å². The van der Waals surface area contributed by atoms with Crippen LogP contribution in [0.5, 0.6) is 28.7 Å². The molecule has 5 aliphatic rings. The first kappa shape index (κ1) is 82.9. The fourth-order valence-corrected chi connectivity index (χ4v) is 15.1. The molecule has 5 aromatic carbocycles. The minimum atomic E-state index is -3.62. The Labute approximate surface area is 614 Å². The minimum Gasteiger partial charge on any atom is -0.497 e. The molecule has 10 rings (SSSR count). The second-order valence-corrected chi connectivity index (χ2v) is 34.1. The minimum absolute atomic E-state index is 0.0231. The summed E-state index contributed by atoms with van der Waals surface area (Å²) in [7, 11) is -11.2. The van der Waals surface area contributed by atoms with Gasteiger partial charge in [-0.25, -0.2) is 33.7 Å². The van der Waals surface area contributed by atoms with Gasteiger partial charge < -0.3 is 72.6 Å². The maximum Gasteiger partial charge on any atom is 0.259 e. The van der Waals surface area contributed by atoms with E-state index in [-0.39, 0.29) is 96.4 Å². The Morgan fingerprint density at radius 1 is 0.448 bits per heavy atom. The van der Waals surface area contributed by atoms with Crippen molar-refractivity contribution in [3.63, 3.8) is 0 Å². The summed E-state index contributed by atoms with van der Waals surface area (Å²) in [4.78, 5) is 49.5. The number of nitrogens with zero attached hydrogens (tertiary/aromatic N) is 4. The predicted octanol–water partition coefficient (Wildman–Crippen LogP) is 5.24. The number of hydrogen-bond acceptors (Lipinski definition) is 22. The van der Waals surface area contributed by atoms with Crippen LogP contribution >= 0.6 is 0 Å². The molecule has 105 heavy (non-hydrogen) atoms. The number of ether oxygens (including phenoxy) is 6. The summed E-state index contributed by atoms with van der Waals surface area (Å²) in [5, 5.41) is 11.5. The summed E-state index contributed by atoms with van der Waals surface area (Å²) in [6.45, 7) is 17.9. The molecule has 0 radical (unpaired) electrons. The summed E-state index contributed by atoms with van der Waals surface area (Å²) < 4.78 is 141. The van der Waals surface area contributed by atoms with Crippen molar-refractivity contribution in [1.82, 2.24) is 21.3 Å². The Hall–Kier alpha value is -9.38. The summed E-state index contributed by atoms with van der Waals surface area (Å²) in [6.07, 6.45) is 5.50. The van der Waals surface area contributed by atoms with Gasteiger partial charge in [0.15, 0.2) is 0 Å². The summed E-state index contributed by atoms with van der Waals surface area (Å²) in [6, 6.07) is 27.8. The summed E-state index contributed by atoms with van der Waals surface area (Å²) in [5.41, 5.74) is 25.5. The predicted molar refractivity (Wildman–Crippen MR) is 400 cm³/mol. The fourth-order valence-electron chi connectivity index (χ4n) is 10.8. The molecule has 30 nitrogen and oxygen atoms in total. The third-order valence-corrected chi connectivity index (χ3v) is 21.7. The Morgan fingerprint density at radius 3 is 1.10 bits per heavy atom. The summed E-state index contributed by atoms with van der Waals surface area (Å²) in [5.74, 6) is 0.868. The van der Waals surface area contributed by atoms with Gasteiger partial charge in [0, 0.05) is 33.3 Å².